The van der Waals surface area contributed by atoms with Gasteiger partial charge in [0.25, 0.3) is 5.91 Å². The van der Waals surface area contributed by atoms with Gasteiger partial charge in [-0.1, -0.05) is 20.8 Å². The number of hydrogen-bond acceptors (Lipinski definition) is 3. The first-order chi connectivity index (χ1) is 7.59. The van der Waals surface area contributed by atoms with E-state index < -0.39 is 0 Å². The van der Waals surface area contributed by atoms with Gasteiger partial charge >= 0.3 is 0 Å². The van der Waals surface area contributed by atoms with Crippen molar-refractivity contribution < 1.29 is 9.21 Å². The number of carbonyl (C=O) groups excluding carboxylic acids is 1. The average molecular weight is 238 g/mol. The van der Waals surface area contributed by atoms with E-state index in [1.165, 1.54) is 0 Å². The molecule has 17 heavy (non-hydrogen) atoms. The molecule has 3 N–H and O–H groups in total. The third-order valence-corrected chi connectivity index (χ3v) is 2.27. The predicted molar refractivity (Wildman–Crippen MR) is 68.7 cm³/mol. The van der Waals surface area contributed by atoms with Crippen molar-refractivity contribution in [3.8, 4) is 0 Å². The van der Waals surface area contributed by atoms with Gasteiger partial charge in [-0.2, -0.15) is 0 Å². The third kappa shape index (κ3) is 4.51. The fourth-order valence-electron chi connectivity index (χ4n) is 2.21. The monoisotopic (exact) mass is 238 g/mol. The molecule has 0 aromatic carbocycles. The number of rotatable bonds is 3. The number of furan rings is 1. The highest BCUT2D eigenvalue weighted by atomic mass is 16.4. The molecule has 0 atom stereocenters. The summed E-state index contributed by atoms with van der Waals surface area (Å²) in [6.07, 6.45) is 0.877. The smallest absolute Gasteiger partial charge is 0.287 e. The molecule has 1 aromatic heterocycles. The summed E-state index contributed by atoms with van der Waals surface area (Å²) >= 11 is 0. The average Bonchev–Trinajstić information content (AvgIpc) is 2.45. The van der Waals surface area contributed by atoms with Crippen LogP contribution in [0.4, 0.5) is 5.88 Å². The minimum absolute atomic E-state index is 0.152. The van der Waals surface area contributed by atoms with E-state index in [1.54, 1.807) is 12.1 Å². The second-order valence-electron chi connectivity index (χ2n) is 6.28. The molecule has 96 valence electrons. The lowest BCUT2D eigenvalue weighted by Gasteiger charge is -2.33. The maximum atomic E-state index is 11.9. The molecule has 1 rings (SSSR count). The summed E-state index contributed by atoms with van der Waals surface area (Å²) in [4.78, 5) is 11.9. The van der Waals surface area contributed by atoms with Crippen molar-refractivity contribution in [2.45, 2.75) is 46.6 Å². The molecule has 1 aromatic rings. The van der Waals surface area contributed by atoms with E-state index in [1.807, 2.05) is 13.8 Å². The Morgan fingerprint density at radius 3 is 2.29 bits per heavy atom. The van der Waals surface area contributed by atoms with Crippen molar-refractivity contribution in [2.75, 3.05) is 5.73 Å². The van der Waals surface area contributed by atoms with Crippen molar-refractivity contribution in [3.63, 3.8) is 0 Å². The molecule has 0 saturated heterocycles. The predicted octanol–water partition coefficient (Wildman–Crippen LogP) is 2.81. The quantitative estimate of drug-likeness (QED) is 0.850. The van der Waals surface area contributed by atoms with Crippen molar-refractivity contribution in [3.05, 3.63) is 17.9 Å². The van der Waals surface area contributed by atoms with E-state index in [4.69, 9.17) is 10.2 Å². The maximum absolute atomic E-state index is 11.9. The van der Waals surface area contributed by atoms with Gasteiger partial charge < -0.3 is 15.5 Å². The summed E-state index contributed by atoms with van der Waals surface area (Å²) in [6.45, 7) is 10.4. The summed E-state index contributed by atoms with van der Waals surface area (Å²) in [7, 11) is 0. The molecule has 0 radical (unpaired) electrons. The molecule has 4 nitrogen and oxygen atoms in total. The molecule has 0 aliphatic rings. The minimum atomic E-state index is -0.281. The first-order valence-corrected chi connectivity index (χ1v) is 5.77. The van der Waals surface area contributed by atoms with Gasteiger partial charge in [0.2, 0.25) is 0 Å². The van der Waals surface area contributed by atoms with Crippen LogP contribution in [0.15, 0.2) is 16.5 Å². The number of anilines is 1. The fourth-order valence-corrected chi connectivity index (χ4v) is 2.21. The Hall–Kier alpha value is -1.45. The summed E-state index contributed by atoms with van der Waals surface area (Å²) < 4.78 is 5.09. The van der Waals surface area contributed by atoms with Gasteiger partial charge in [-0.05, 0) is 31.7 Å². The van der Waals surface area contributed by atoms with E-state index in [-0.39, 0.29) is 28.5 Å². The molecule has 0 unspecified atom stereocenters. The molecule has 1 amide bonds. The van der Waals surface area contributed by atoms with Gasteiger partial charge in [0.1, 0.15) is 0 Å². The first-order valence-electron chi connectivity index (χ1n) is 5.77. The maximum Gasteiger partial charge on any atom is 0.287 e. The summed E-state index contributed by atoms with van der Waals surface area (Å²) in [5, 5.41) is 2.95. The van der Waals surface area contributed by atoms with Gasteiger partial charge in [0, 0.05) is 11.6 Å². The molecule has 0 aliphatic heterocycles. The first kappa shape index (κ1) is 13.6. The van der Waals surface area contributed by atoms with E-state index >= 15 is 0 Å². The lowest BCUT2D eigenvalue weighted by molar-refractivity contribution is 0.0864. The van der Waals surface area contributed by atoms with Crippen molar-refractivity contribution >= 4 is 11.8 Å². The van der Waals surface area contributed by atoms with Gasteiger partial charge in [-0.15, -0.1) is 0 Å². The Bertz CT molecular complexity index is 400. The Balaban J connectivity index is 2.68. The van der Waals surface area contributed by atoms with Crippen LogP contribution < -0.4 is 11.1 Å². The Morgan fingerprint density at radius 2 is 1.88 bits per heavy atom. The third-order valence-electron chi connectivity index (χ3n) is 2.27. The zero-order chi connectivity index (χ0) is 13.3. The van der Waals surface area contributed by atoms with Gasteiger partial charge in [0.15, 0.2) is 11.6 Å². The van der Waals surface area contributed by atoms with E-state index in [0.29, 0.717) is 0 Å². The second kappa shape index (κ2) is 4.43. The van der Waals surface area contributed by atoms with E-state index in [0.717, 1.165) is 6.42 Å². The lowest BCUT2D eigenvalue weighted by Crippen LogP contribution is -2.45. The summed E-state index contributed by atoms with van der Waals surface area (Å²) in [6, 6.07) is 3.16. The van der Waals surface area contributed by atoms with Crippen LogP contribution in [-0.4, -0.2) is 11.4 Å². The molecule has 0 spiro atoms. The zero-order valence-corrected chi connectivity index (χ0v) is 11.3. The van der Waals surface area contributed by atoms with E-state index in [2.05, 4.69) is 26.1 Å². The van der Waals surface area contributed by atoms with Crippen LogP contribution >= 0.6 is 0 Å². The summed E-state index contributed by atoms with van der Waals surface area (Å²) in [5.74, 6) is 0.282. The van der Waals surface area contributed by atoms with Crippen LogP contribution in [0.2, 0.25) is 0 Å². The SMILES string of the molecule is CC(C)(C)CC(C)(C)NC(=O)c1ccc(N)o1. The van der Waals surface area contributed by atoms with Crippen LogP contribution in [0.3, 0.4) is 0 Å². The number of nitrogens with one attached hydrogen (secondary N) is 1. The Morgan fingerprint density at radius 1 is 1.29 bits per heavy atom. The van der Waals surface area contributed by atoms with Crippen LogP contribution in [0, 0.1) is 5.41 Å². The minimum Gasteiger partial charge on any atom is -0.436 e. The Kier molecular flexibility index (Phi) is 3.55. The van der Waals surface area contributed by atoms with Gasteiger partial charge in [0.05, 0.1) is 0 Å². The number of amides is 1. The van der Waals surface area contributed by atoms with Gasteiger partial charge in [-0.25, -0.2) is 0 Å². The van der Waals surface area contributed by atoms with Gasteiger partial charge in [-0.3, -0.25) is 4.79 Å². The Labute approximate surface area is 103 Å². The number of nitrogen functional groups attached to an aromatic ring is 1. The highest BCUT2D eigenvalue weighted by molar-refractivity contribution is 5.92. The number of carbonyl (C=O) groups is 1. The number of nitrogens with two attached hydrogens (primary N) is 1. The van der Waals surface area contributed by atoms with E-state index in [9.17, 15) is 4.79 Å². The van der Waals surface area contributed by atoms with Crippen molar-refractivity contribution in [1.82, 2.24) is 5.32 Å². The number of hydrogen-bond donors (Lipinski definition) is 2. The molecular formula is C13H22N2O2. The topological polar surface area (TPSA) is 68.3 Å². The molecule has 0 fully saturated rings. The highest BCUT2D eigenvalue weighted by Gasteiger charge is 2.28. The molecule has 0 bridgehead atoms. The van der Waals surface area contributed by atoms with Crippen molar-refractivity contribution in [1.29, 1.82) is 0 Å². The largest absolute Gasteiger partial charge is 0.436 e. The molecular weight excluding hydrogens is 216 g/mol. The molecule has 4 heteroatoms. The van der Waals surface area contributed by atoms with Crippen LogP contribution in [0.1, 0.15) is 51.6 Å². The highest BCUT2D eigenvalue weighted by Crippen LogP contribution is 2.27. The van der Waals surface area contributed by atoms with Crippen LogP contribution in [0.5, 0.6) is 0 Å². The molecule has 0 saturated carbocycles. The van der Waals surface area contributed by atoms with Crippen LogP contribution in [0.25, 0.3) is 0 Å². The zero-order valence-electron chi connectivity index (χ0n) is 11.3. The van der Waals surface area contributed by atoms with Crippen LogP contribution in [-0.2, 0) is 0 Å². The molecule has 0 aliphatic carbocycles. The fraction of sp³-hybridized carbons (Fsp3) is 0.615. The molecule has 1 heterocycles. The lowest BCUT2D eigenvalue weighted by atomic mass is 9.82. The standard InChI is InChI=1S/C13H22N2O2/c1-12(2,3)8-13(4,5)15-11(16)9-6-7-10(14)17-9/h6-7H,8,14H2,1-5H3,(H,15,16). The van der Waals surface area contributed by atoms with Crippen molar-refractivity contribution in [2.24, 2.45) is 5.41 Å². The second-order valence-corrected chi connectivity index (χ2v) is 6.28. The normalized spacial score (nSPS) is 12.5. The summed E-state index contributed by atoms with van der Waals surface area (Å²) in [5.41, 5.74) is 5.31.